The number of nitrogens with zero attached hydrogens (tertiary/aromatic N) is 3. The first-order valence-electron chi connectivity index (χ1n) is 7.26. The minimum atomic E-state index is -0.920. The third kappa shape index (κ3) is 3.91. The van der Waals surface area contributed by atoms with Crippen LogP contribution in [0.25, 0.3) is 11.2 Å². The summed E-state index contributed by atoms with van der Waals surface area (Å²) in [7, 11) is 0. The van der Waals surface area contributed by atoms with Crippen molar-refractivity contribution in [2.24, 2.45) is 0 Å². The predicted octanol–water partition coefficient (Wildman–Crippen LogP) is 1.69. The van der Waals surface area contributed by atoms with Crippen LogP contribution in [0.2, 0.25) is 0 Å². The van der Waals surface area contributed by atoms with E-state index in [1.54, 1.807) is 0 Å². The molecule has 0 spiro atoms. The van der Waals surface area contributed by atoms with E-state index in [0.717, 1.165) is 24.0 Å². The van der Waals surface area contributed by atoms with E-state index in [-0.39, 0.29) is 35.3 Å². The second kappa shape index (κ2) is 7.53. The monoisotopic (exact) mass is 365 g/mol. The zero-order valence-electron chi connectivity index (χ0n) is 12.8. The Morgan fingerprint density at radius 3 is 2.92 bits per heavy atom. The summed E-state index contributed by atoms with van der Waals surface area (Å²) in [5.74, 6) is -1.39. The molecule has 0 saturated heterocycles. The van der Waals surface area contributed by atoms with Gasteiger partial charge in [0.2, 0.25) is 0 Å². The summed E-state index contributed by atoms with van der Waals surface area (Å²) in [6.07, 6.45) is 1.10. The van der Waals surface area contributed by atoms with Crippen LogP contribution >= 0.6 is 11.8 Å². The zero-order chi connectivity index (χ0) is 17.8. The number of thioether (sulfide) groups is 1. The summed E-state index contributed by atoms with van der Waals surface area (Å²) < 4.78 is 27.0. The molecule has 0 unspecified atom stereocenters. The second-order valence-corrected chi connectivity index (χ2v) is 5.89. The Morgan fingerprint density at radius 1 is 1.28 bits per heavy atom. The van der Waals surface area contributed by atoms with Gasteiger partial charge in [-0.15, -0.1) is 0 Å². The van der Waals surface area contributed by atoms with Gasteiger partial charge in [-0.05, 0) is 6.07 Å². The SMILES string of the molecule is O=c1cnc2c(NCCO)nc(SCc3cccc(F)c3F)nc2[nH]1. The number of fused-ring (bicyclic) bond motifs is 1. The number of hydrogen-bond donors (Lipinski definition) is 3. The van der Waals surface area contributed by atoms with Crippen molar-refractivity contribution >= 4 is 28.7 Å². The van der Waals surface area contributed by atoms with Gasteiger partial charge in [0.15, 0.2) is 28.3 Å². The van der Waals surface area contributed by atoms with E-state index in [2.05, 4.69) is 25.3 Å². The molecule has 0 amide bonds. The number of hydrogen-bond acceptors (Lipinski definition) is 7. The average Bonchev–Trinajstić information content (AvgIpc) is 2.60. The lowest BCUT2D eigenvalue weighted by atomic mass is 10.2. The van der Waals surface area contributed by atoms with E-state index < -0.39 is 17.2 Å². The first kappa shape index (κ1) is 17.2. The van der Waals surface area contributed by atoms with Gasteiger partial charge in [0.05, 0.1) is 12.8 Å². The molecule has 3 rings (SSSR count). The van der Waals surface area contributed by atoms with Gasteiger partial charge in [-0.3, -0.25) is 4.79 Å². The van der Waals surface area contributed by atoms with E-state index in [4.69, 9.17) is 5.11 Å². The summed E-state index contributed by atoms with van der Waals surface area (Å²) in [6, 6.07) is 3.94. The number of benzene rings is 1. The van der Waals surface area contributed by atoms with Crippen molar-refractivity contribution in [1.82, 2.24) is 19.9 Å². The molecule has 0 fully saturated rings. The Balaban J connectivity index is 1.92. The lowest BCUT2D eigenvalue weighted by Gasteiger charge is -2.09. The molecule has 0 aliphatic carbocycles. The largest absolute Gasteiger partial charge is 0.395 e. The first-order valence-corrected chi connectivity index (χ1v) is 8.24. The van der Waals surface area contributed by atoms with E-state index in [1.807, 2.05) is 0 Å². The predicted molar refractivity (Wildman–Crippen MR) is 89.4 cm³/mol. The fourth-order valence-electron chi connectivity index (χ4n) is 2.08. The van der Waals surface area contributed by atoms with Crippen LogP contribution in [0, 0.1) is 11.6 Å². The molecular weight excluding hydrogens is 352 g/mol. The van der Waals surface area contributed by atoms with Gasteiger partial charge in [0.1, 0.15) is 5.52 Å². The van der Waals surface area contributed by atoms with Crippen LogP contribution in [0.3, 0.4) is 0 Å². The fourth-order valence-corrected chi connectivity index (χ4v) is 2.90. The number of anilines is 1. The van der Waals surface area contributed by atoms with Crippen LogP contribution in [-0.4, -0.2) is 38.2 Å². The molecule has 7 nitrogen and oxygen atoms in total. The Kier molecular flexibility index (Phi) is 5.19. The van der Waals surface area contributed by atoms with Crippen LogP contribution in [0.5, 0.6) is 0 Å². The van der Waals surface area contributed by atoms with Crippen LogP contribution in [-0.2, 0) is 5.75 Å². The third-order valence-electron chi connectivity index (χ3n) is 3.21. The molecule has 130 valence electrons. The molecule has 1 aromatic carbocycles. The minimum absolute atomic E-state index is 0.110. The lowest BCUT2D eigenvalue weighted by Crippen LogP contribution is -2.12. The molecule has 2 heterocycles. The van der Waals surface area contributed by atoms with Gasteiger partial charge in [0.25, 0.3) is 5.56 Å². The molecule has 0 aliphatic heterocycles. The van der Waals surface area contributed by atoms with Crippen LogP contribution < -0.4 is 10.9 Å². The van der Waals surface area contributed by atoms with Crippen LogP contribution in [0.15, 0.2) is 34.3 Å². The van der Waals surface area contributed by atoms with Crippen molar-refractivity contribution in [3.05, 3.63) is 51.9 Å². The second-order valence-electron chi connectivity index (χ2n) is 4.95. The highest BCUT2D eigenvalue weighted by Gasteiger charge is 2.12. The summed E-state index contributed by atoms with van der Waals surface area (Å²) in [5, 5.41) is 12.1. The standard InChI is InChI=1S/C15H13F2N5O2S/c16-9-3-1-2-8(11(9)17)7-25-15-21-13(18-4-5-23)12-14(22-15)20-10(24)6-19-12/h1-3,6,23H,4-5,7H2,(H2,18,20,21,22,24). The van der Waals surface area contributed by atoms with Crippen molar-refractivity contribution in [2.45, 2.75) is 10.9 Å². The molecule has 2 aromatic heterocycles. The van der Waals surface area contributed by atoms with Gasteiger partial charge in [0, 0.05) is 17.9 Å². The summed E-state index contributed by atoms with van der Waals surface area (Å²) in [6.45, 7) is 0.112. The number of aromatic amines is 1. The van der Waals surface area contributed by atoms with Gasteiger partial charge in [-0.25, -0.2) is 23.7 Å². The van der Waals surface area contributed by atoms with Crippen molar-refractivity contribution in [2.75, 3.05) is 18.5 Å². The number of aliphatic hydroxyl groups excluding tert-OH is 1. The fraction of sp³-hybridized carbons (Fsp3) is 0.200. The van der Waals surface area contributed by atoms with Crippen molar-refractivity contribution in [3.63, 3.8) is 0 Å². The molecule has 3 N–H and O–H groups in total. The molecular formula is C15H13F2N5O2S. The highest BCUT2D eigenvalue weighted by Crippen LogP contribution is 2.25. The van der Waals surface area contributed by atoms with Crippen molar-refractivity contribution < 1.29 is 13.9 Å². The third-order valence-corrected chi connectivity index (χ3v) is 4.10. The minimum Gasteiger partial charge on any atom is -0.395 e. The molecule has 25 heavy (non-hydrogen) atoms. The van der Waals surface area contributed by atoms with Gasteiger partial charge in [-0.2, -0.15) is 0 Å². The van der Waals surface area contributed by atoms with E-state index in [1.165, 1.54) is 12.1 Å². The van der Waals surface area contributed by atoms with E-state index in [0.29, 0.717) is 11.3 Å². The number of nitrogens with one attached hydrogen (secondary N) is 2. The van der Waals surface area contributed by atoms with Crippen molar-refractivity contribution in [1.29, 1.82) is 0 Å². The maximum atomic E-state index is 13.7. The Labute approximate surface area is 144 Å². The molecule has 0 bridgehead atoms. The summed E-state index contributed by atoms with van der Waals surface area (Å²) >= 11 is 1.08. The van der Waals surface area contributed by atoms with Gasteiger partial charge in [-0.1, -0.05) is 23.9 Å². The molecule has 0 atom stereocenters. The average molecular weight is 365 g/mol. The normalized spacial score (nSPS) is 11.0. The zero-order valence-corrected chi connectivity index (χ0v) is 13.6. The topological polar surface area (TPSA) is 104 Å². The number of rotatable bonds is 6. The van der Waals surface area contributed by atoms with Crippen molar-refractivity contribution in [3.8, 4) is 0 Å². The lowest BCUT2D eigenvalue weighted by molar-refractivity contribution is 0.311. The Morgan fingerprint density at radius 2 is 2.12 bits per heavy atom. The van der Waals surface area contributed by atoms with E-state index >= 15 is 0 Å². The molecule has 0 saturated carbocycles. The summed E-state index contributed by atoms with van der Waals surface area (Å²) in [4.78, 5) is 26.4. The highest BCUT2D eigenvalue weighted by atomic mass is 32.2. The number of halogens is 2. The maximum Gasteiger partial charge on any atom is 0.268 e. The smallest absolute Gasteiger partial charge is 0.268 e. The van der Waals surface area contributed by atoms with Crippen LogP contribution in [0.1, 0.15) is 5.56 Å². The number of aromatic nitrogens is 4. The highest BCUT2D eigenvalue weighted by molar-refractivity contribution is 7.98. The number of aliphatic hydroxyl groups is 1. The molecule has 3 aromatic rings. The maximum absolute atomic E-state index is 13.7. The van der Waals surface area contributed by atoms with Gasteiger partial charge < -0.3 is 15.4 Å². The quantitative estimate of drug-likeness (QED) is 0.451. The number of H-pyrrole nitrogens is 1. The van der Waals surface area contributed by atoms with E-state index in [9.17, 15) is 13.6 Å². The van der Waals surface area contributed by atoms with Crippen LogP contribution in [0.4, 0.5) is 14.6 Å². The Hall–Kier alpha value is -2.59. The molecule has 10 heteroatoms. The van der Waals surface area contributed by atoms with Gasteiger partial charge >= 0.3 is 0 Å². The molecule has 0 aliphatic rings. The first-order chi connectivity index (χ1) is 12.1. The Bertz CT molecular complexity index is 966. The molecule has 0 radical (unpaired) electrons. The summed E-state index contributed by atoms with van der Waals surface area (Å²) in [5.41, 5.74) is 0.309.